The number of nitrogens with zero attached hydrogens (tertiary/aromatic N) is 1. The molecule has 0 aliphatic heterocycles. The van der Waals surface area contributed by atoms with Crippen LogP contribution >= 0.6 is 0 Å². The molecule has 2 aromatic rings. The summed E-state index contributed by atoms with van der Waals surface area (Å²) in [7, 11) is 1.64. The molecular weight excluding hydrogens is 300 g/mol. The Labute approximate surface area is 144 Å². The predicted molar refractivity (Wildman–Crippen MR) is 96.9 cm³/mol. The van der Waals surface area contributed by atoms with Gasteiger partial charge in [0.2, 0.25) is 5.91 Å². The predicted octanol–water partition coefficient (Wildman–Crippen LogP) is 3.39. The summed E-state index contributed by atoms with van der Waals surface area (Å²) in [6.45, 7) is 6.02. The van der Waals surface area contributed by atoms with Crippen LogP contribution in [-0.4, -0.2) is 31.0 Å². The zero-order valence-electron chi connectivity index (χ0n) is 14.7. The first-order valence-electron chi connectivity index (χ1n) is 8.32. The maximum Gasteiger partial charge on any atom is 0.234 e. The van der Waals surface area contributed by atoms with Crippen LogP contribution in [0.4, 0.5) is 0 Å². The van der Waals surface area contributed by atoms with Gasteiger partial charge in [-0.2, -0.15) is 0 Å². The fraction of sp³-hybridized carbons (Fsp3) is 0.350. The summed E-state index contributed by atoms with van der Waals surface area (Å²) in [6.07, 6.45) is 0. The number of hydrogen-bond acceptors (Lipinski definition) is 3. The van der Waals surface area contributed by atoms with Gasteiger partial charge in [0, 0.05) is 12.1 Å². The number of para-hydroxylation sites is 1. The number of likely N-dealkylation sites (N-methyl/N-ethyl adjacent to an activating group) is 1. The Morgan fingerprint density at radius 1 is 1.12 bits per heavy atom. The molecule has 128 valence electrons. The highest BCUT2D eigenvalue weighted by molar-refractivity contribution is 5.78. The average Bonchev–Trinajstić information content (AvgIpc) is 2.61. The van der Waals surface area contributed by atoms with Crippen molar-refractivity contribution >= 4 is 5.91 Å². The van der Waals surface area contributed by atoms with Crippen molar-refractivity contribution in [3.05, 3.63) is 65.7 Å². The zero-order valence-corrected chi connectivity index (χ0v) is 14.7. The van der Waals surface area contributed by atoms with E-state index in [1.807, 2.05) is 49.4 Å². The molecule has 24 heavy (non-hydrogen) atoms. The van der Waals surface area contributed by atoms with Gasteiger partial charge in [-0.1, -0.05) is 55.5 Å². The Morgan fingerprint density at radius 3 is 2.46 bits per heavy atom. The lowest BCUT2D eigenvalue weighted by Crippen LogP contribution is -2.38. The minimum Gasteiger partial charge on any atom is -0.496 e. The quantitative estimate of drug-likeness (QED) is 0.808. The fourth-order valence-electron chi connectivity index (χ4n) is 2.71. The second kappa shape index (κ2) is 9.08. The van der Waals surface area contributed by atoms with Crippen molar-refractivity contribution in [3.63, 3.8) is 0 Å². The largest absolute Gasteiger partial charge is 0.496 e. The second-order valence-electron chi connectivity index (χ2n) is 5.82. The van der Waals surface area contributed by atoms with Crippen molar-refractivity contribution in [1.29, 1.82) is 0 Å². The summed E-state index contributed by atoms with van der Waals surface area (Å²) in [5, 5.41) is 3.06. The Bertz CT molecular complexity index is 643. The number of carbonyl (C=O) groups excluding carboxylic acids is 1. The third-order valence-electron chi connectivity index (χ3n) is 4.05. The minimum absolute atomic E-state index is 0.0196. The van der Waals surface area contributed by atoms with E-state index in [9.17, 15) is 4.79 Å². The summed E-state index contributed by atoms with van der Waals surface area (Å²) in [6, 6.07) is 17.9. The van der Waals surface area contributed by atoms with Crippen molar-refractivity contribution in [2.75, 3.05) is 20.2 Å². The highest BCUT2D eigenvalue weighted by Crippen LogP contribution is 2.24. The Kier molecular flexibility index (Phi) is 6.82. The number of carbonyl (C=O) groups is 1. The number of benzene rings is 2. The van der Waals surface area contributed by atoms with E-state index in [1.165, 1.54) is 5.56 Å². The Balaban J connectivity index is 1.93. The number of ether oxygens (including phenoxy) is 1. The fourth-order valence-corrected chi connectivity index (χ4v) is 2.71. The molecule has 1 N–H and O–H groups in total. The van der Waals surface area contributed by atoms with Crippen LogP contribution in [0.25, 0.3) is 0 Å². The van der Waals surface area contributed by atoms with Crippen LogP contribution in [-0.2, 0) is 11.3 Å². The SMILES string of the molecule is CCN(CC(=O)NC(C)c1ccccc1OC)Cc1ccccc1. The number of nitrogens with one attached hydrogen (secondary N) is 1. The summed E-state index contributed by atoms with van der Waals surface area (Å²) in [4.78, 5) is 14.5. The highest BCUT2D eigenvalue weighted by Gasteiger charge is 2.15. The zero-order chi connectivity index (χ0) is 17.4. The van der Waals surface area contributed by atoms with Crippen LogP contribution < -0.4 is 10.1 Å². The summed E-state index contributed by atoms with van der Waals surface area (Å²) < 4.78 is 5.37. The van der Waals surface area contributed by atoms with Gasteiger partial charge in [0.05, 0.1) is 19.7 Å². The number of methoxy groups -OCH3 is 1. The average molecular weight is 326 g/mol. The van der Waals surface area contributed by atoms with E-state index in [-0.39, 0.29) is 11.9 Å². The third kappa shape index (κ3) is 5.10. The van der Waals surface area contributed by atoms with Crippen LogP contribution in [0.1, 0.15) is 31.0 Å². The normalized spacial score (nSPS) is 12.0. The monoisotopic (exact) mass is 326 g/mol. The van der Waals surface area contributed by atoms with Gasteiger partial charge in [-0.25, -0.2) is 0 Å². The highest BCUT2D eigenvalue weighted by atomic mass is 16.5. The van der Waals surface area contributed by atoms with Gasteiger partial charge in [0.15, 0.2) is 0 Å². The van der Waals surface area contributed by atoms with E-state index < -0.39 is 0 Å². The van der Waals surface area contributed by atoms with E-state index in [0.717, 1.165) is 24.4 Å². The van der Waals surface area contributed by atoms with Crippen molar-refractivity contribution in [3.8, 4) is 5.75 Å². The van der Waals surface area contributed by atoms with E-state index in [0.29, 0.717) is 6.54 Å². The molecule has 4 nitrogen and oxygen atoms in total. The van der Waals surface area contributed by atoms with Crippen molar-refractivity contribution in [1.82, 2.24) is 10.2 Å². The second-order valence-corrected chi connectivity index (χ2v) is 5.82. The van der Waals surface area contributed by atoms with E-state index in [4.69, 9.17) is 4.74 Å². The molecule has 1 amide bonds. The van der Waals surface area contributed by atoms with Crippen molar-refractivity contribution in [2.24, 2.45) is 0 Å². The molecule has 2 rings (SSSR count). The summed E-state index contributed by atoms with van der Waals surface area (Å²) in [5.41, 5.74) is 2.20. The standard InChI is InChI=1S/C20H26N2O2/c1-4-22(14-17-10-6-5-7-11-17)15-20(23)21-16(2)18-12-8-9-13-19(18)24-3/h5-13,16H,4,14-15H2,1-3H3,(H,21,23). The Morgan fingerprint density at radius 2 is 1.79 bits per heavy atom. The molecule has 0 aliphatic rings. The molecule has 0 heterocycles. The van der Waals surface area contributed by atoms with Gasteiger partial charge in [-0.3, -0.25) is 9.69 Å². The topological polar surface area (TPSA) is 41.6 Å². The lowest BCUT2D eigenvalue weighted by molar-refractivity contribution is -0.123. The molecule has 2 aromatic carbocycles. The molecular formula is C20H26N2O2. The maximum absolute atomic E-state index is 12.4. The maximum atomic E-state index is 12.4. The summed E-state index contributed by atoms with van der Waals surface area (Å²) >= 11 is 0. The van der Waals surface area contributed by atoms with E-state index in [1.54, 1.807) is 7.11 Å². The van der Waals surface area contributed by atoms with Crippen LogP contribution in [0.5, 0.6) is 5.75 Å². The smallest absolute Gasteiger partial charge is 0.234 e. The van der Waals surface area contributed by atoms with Crippen LogP contribution in [0.15, 0.2) is 54.6 Å². The van der Waals surface area contributed by atoms with Gasteiger partial charge in [0.1, 0.15) is 5.75 Å². The molecule has 1 unspecified atom stereocenters. The molecule has 0 spiro atoms. The third-order valence-corrected chi connectivity index (χ3v) is 4.05. The van der Waals surface area contributed by atoms with Gasteiger partial charge >= 0.3 is 0 Å². The summed E-state index contributed by atoms with van der Waals surface area (Å²) in [5.74, 6) is 0.813. The molecule has 0 bridgehead atoms. The molecule has 0 aromatic heterocycles. The first-order chi connectivity index (χ1) is 11.6. The van der Waals surface area contributed by atoms with Crippen LogP contribution in [0, 0.1) is 0 Å². The minimum atomic E-state index is -0.0934. The molecule has 0 saturated heterocycles. The van der Waals surface area contributed by atoms with E-state index >= 15 is 0 Å². The molecule has 1 atom stereocenters. The number of hydrogen-bond donors (Lipinski definition) is 1. The van der Waals surface area contributed by atoms with Gasteiger partial charge in [-0.15, -0.1) is 0 Å². The van der Waals surface area contributed by atoms with Crippen molar-refractivity contribution in [2.45, 2.75) is 26.4 Å². The van der Waals surface area contributed by atoms with E-state index in [2.05, 4.69) is 29.3 Å². The molecule has 4 heteroatoms. The first-order valence-corrected chi connectivity index (χ1v) is 8.32. The Hall–Kier alpha value is -2.33. The number of rotatable bonds is 8. The van der Waals surface area contributed by atoms with Gasteiger partial charge in [0.25, 0.3) is 0 Å². The number of amides is 1. The van der Waals surface area contributed by atoms with Gasteiger partial charge < -0.3 is 10.1 Å². The van der Waals surface area contributed by atoms with Crippen LogP contribution in [0.2, 0.25) is 0 Å². The first kappa shape index (κ1) is 18.0. The molecule has 0 radical (unpaired) electrons. The lowest BCUT2D eigenvalue weighted by atomic mass is 10.1. The lowest BCUT2D eigenvalue weighted by Gasteiger charge is -2.22. The van der Waals surface area contributed by atoms with Gasteiger partial charge in [-0.05, 0) is 25.1 Å². The molecule has 0 aliphatic carbocycles. The molecule has 0 saturated carbocycles. The molecule has 0 fully saturated rings. The van der Waals surface area contributed by atoms with Crippen LogP contribution in [0.3, 0.4) is 0 Å². The van der Waals surface area contributed by atoms with Crippen molar-refractivity contribution < 1.29 is 9.53 Å².